The molecule has 5 heteroatoms. The minimum absolute atomic E-state index is 0.0976. The van der Waals surface area contributed by atoms with E-state index in [4.69, 9.17) is 9.47 Å². The molecule has 0 aromatic heterocycles. The molecular weight excluding hydrogens is 318 g/mol. The van der Waals surface area contributed by atoms with Gasteiger partial charge in [-0.3, -0.25) is 4.79 Å². The van der Waals surface area contributed by atoms with Gasteiger partial charge in [-0.05, 0) is 35.6 Å². The summed E-state index contributed by atoms with van der Waals surface area (Å²) < 4.78 is 10.9. The van der Waals surface area contributed by atoms with Crippen LogP contribution in [0.25, 0.3) is 0 Å². The molecule has 1 N–H and O–H groups in total. The number of fused-ring (bicyclic) bond motifs is 2. The topological polar surface area (TPSA) is 59.0 Å². The highest BCUT2D eigenvalue weighted by Crippen LogP contribution is 2.36. The van der Waals surface area contributed by atoms with Crippen molar-refractivity contribution in [1.82, 2.24) is 4.90 Å². The zero-order valence-electron chi connectivity index (χ0n) is 14.0. The molecule has 2 aromatic carbocycles. The first-order valence-corrected chi connectivity index (χ1v) is 8.63. The Bertz CT molecular complexity index is 789. The summed E-state index contributed by atoms with van der Waals surface area (Å²) in [6.45, 7) is 1.36. The molecule has 4 rings (SSSR count). The Kier molecular flexibility index (Phi) is 4.32. The lowest BCUT2D eigenvalue weighted by Gasteiger charge is -2.21. The Morgan fingerprint density at radius 3 is 2.96 bits per heavy atom. The number of aryl methyl sites for hydroxylation is 1. The van der Waals surface area contributed by atoms with E-state index in [2.05, 4.69) is 0 Å². The highest BCUT2D eigenvalue weighted by Gasteiger charge is 2.24. The highest BCUT2D eigenvalue weighted by molar-refractivity contribution is 5.76. The lowest BCUT2D eigenvalue weighted by Crippen LogP contribution is -2.31. The molecule has 0 fully saturated rings. The van der Waals surface area contributed by atoms with Crippen LogP contribution in [0.1, 0.15) is 35.6 Å². The Morgan fingerprint density at radius 1 is 1.16 bits per heavy atom. The van der Waals surface area contributed by atoms with E-state index in [9.17, 15) is 9.90 Å². The van der Waals surface area contributed by atoms with E-state index < -0.39 is 6.10 Å². The van der Waals surface area contributed by atoms with Gasteiger partial charge in [0.25, 0.3) is 0 Å². The normalized spacial score (nSPS) is 18.6. The van der Waals surface area contributed by atoms with Crippen molar-refractivity contribution in [3.63, 3.8) is 0 Å². The number of ether oxygens (including phenoxy) is 2. The average molecular weight is 339 g/mol. The third-order valence-electron chi connectivity index (χ3n) is 4.89. The standard InChI is InChI=1S/C20H21NO4/c22-17-10-11-21(12-15-4-1-2-6-16(15)17)19(23)9-8-14-5-3-7-18-20(14)25-13-24-18/h1-7,17,22H,8-13H2. The van der Waals surface area contributed by atoms with E-state index in [0.29, 0.717) is 32.4 Å². The maximum absolute atomic E-state index is 12.7. The zero-order chi connectivity index (χ0) is 17.2. The van der Waals surface area contributed by atoms with Crippen molar-refractivity contribution in [2.24, 2.45) is 0 Å². The van der Waals surface area contributed by atoms with Crippen molar-refractivity contribution in [2.75, 3.05) is 13.3 Å². The Hall–Kier alpha value is -2.53. The van der Waals surface area contributed by atoms with E-state index in [1.807, 2.05) is 47.4 Å². The quantitative estimate of drug-likeness (QED) is 0.934. The molecule has 0 bridgehead atoms. The van der Waals surface area contributed by atoms with Crippen LogP contribution in [0.2, 0.25) is 0 Å². The van der Waals surface area contributed by atoms with Crippen LogP contribution in [0.15, 0.2) is 42.5 Å². The minimum Gasteiger partial charge on any atom is -0.454 e. The van der Waals surface area contributed by atoms with Crippen LogP contribution in [0, 0.1) is 0 Å². The van der Waals surface area contributed by atoms with Gasteiger partial charge in [0.2, 0.25) is 12.7 Å². The van der Waals surface area contributed by atoms with Crippen molar-refractivity contribution in [3.8, 4) is 11.5 Å². The molecule has 2 aromatic rings. The lowest BCUT2D eigenvalue weighted by atomic mass is 10.0. The molecule has 5 nitrogen and oxygen atoms in total. The van der Waals surface area contributed by atoms with Crippen LogP contribution >= 0.6 is 0 Å². The molecule has 130 valence electrons. The number of nitrogens with zero attached hydrogens (tertiary/aromatic N) is 1. The molecule has 25 heavy (non-hydrogen) atoms. The van der Waals surface area contributed by atoms with E-state index in [0.717, 1.165) is 28.2 Å². The molecule has 0 spiro atoms. The number of aliphatic hydroxyl groups excluding tert-OH is 1. The largest absolute Gasteiger partial charge is 0.454 e. The highest BCUT2D eigenvalue weighted by atomic mass is 16.7. The first kappa shape index (κ1) is 16.0. The number of carbonyl (C=O) groups is 1. The van der Waals surface area contributed by atoms with Crippen LogP contribution in [0.4, 0.5) is 0 Å². The van der Waals surface area contributed by atoms with Gasteiger partial charge in [-0.1, -0.05) is 36.4 Å². The third kappa shape index (κ3) is 3.20. The number of benzene rings is 2. The van der Waals surface area contributed by atoms with E-state index in [-0.39, 0.29) is 12.7 Å². The summed E-state index contributed by atoms with van der Waals surface area (Å²) in [5.41, 5.74) is 2.96. The van der Waals surface area contributed by atoms with Gasteiger partial charge in [0.05, 0.1) is 6.10 Å². The summed E-state index contributed by atoms with van der Waals surface area (Å²) in [6, 6.07) is 13.6. The summed E-state index contributed by atoms with van der Waals surface area (Å²) in [4.78, 5) is 14.6. The van der Waals surface area contributed by atoms with Gasteiger partial charge in [-0.2, -0.15) is 0 Å². The Morgan fingerprint density at radius 2 is 2.04 bits per heavy atom. The first-order chi connectivity index (χ1) is 12.2. The second-order valence-corrected chi connectivity index (χ2v) is 6.47. The summed E-state index contributed by atoms with van der Waals surface area (Å²) >= 11 is 0. The number of hydrogen-bond donors (Lipinski definition) is 1. The van der Waals surface area contributed by atoms with Crippen LogP contribution in [0.5, 0.6) is 11.5 Å². The van der Waals surface area contributed by atoms with Crippen molar-refractivity contribution in [1.29, 1.82) is 0 Å². The molecular formula is C20H21NO4. The van der Waals surface area contributed by atoms with Crippen LogP contribution in [-0.4, -0.2) is 29.3 Å². The number of carbonyl (C=O) groups excluding carboxylic acids is 1. The fourth-order valence-corrected chi connectivity index (χ4v) is 3.52. The second kappa shape index (κ2) is 6.76. The summed E-state index contributed by atoms with van der Waals surface area (Å²) in [5, 5.41) is 10.3. The van der Waals surface area contributed by atoms with Crippen LogP contribution in [-0.2, 0) is 17.8 Å². The van der Waals surface area contributed by atoms with Gasteiger partial charge in [0, 0.05) is 19.5 Å². The molecule has 0 radical (unpaired) electrons. The lowest BCUT2D eigenvalue weighted by molar-refractivity contribution is -0.131. The van der Waals surface area contributed by atoms with Gasteiger partial charge in [-0.25, -0.2) is 0 Å². The van der Waals surface area contributed by atoms with Gasteiger partial charge in [0.1, 0.15) is 0 Å². The molecule has 0 aliphatic carbocycles. The molecule has 0 saturated carbocycles. The predicted octanol–water partition coefficient (Wildman–Crippen LogP) is 2.81. The predicted molar refractivity (Wildman–Crippen MR) is 92.3 cm³/mol. The average Bonchev–Trinajstić information content (AvgIpc) is 3.05. The summed E-state index contributed by atoms with van der Waals surface area (Å²) in [6.07, 6.45) is 1.10. The molecule has 1 amide bonds. The smallest absolute Gasteiger partial charge is 0.231 e. The molecule has 2 aliphatic heterocycles. The molecule has 0 saturated heterocycles. The maximum Gasteiger partial charge on any atom is 0.231 e. The van der Waals surface area contributed by atoms with E-state index in [1.54, 1.807) is 0 Å². The number of aliphatic hydroxyl groups is 1. The second-order valence-electron chi connectivity index (χ2n) is 6.47. The fraction of sp³-hybridized carbons (Fsp3) is 0.350. The zero-order valence-corrected chi connectivity index (χ0v) is 14.0. The number of para-hydroxylation sites is 1. The van der Waals surface area contributed by atoms with Gasteiger partial charge in [0.15, 0.2) is 11.5 Å². The molecule has 1 unspecified atom stereocenters. The van der Waals surface area contributed by atoms with Gasteiger partial charge in [-0.15, -0.1) is 0 Å². The van der Waals surface area contributed by atoms with Crippen LogP contribution in [0.3, 0.4) is 0 Å². The molecule has 1 atom stereocenters. The molecule has 2 heterocycles. The van der Waals surface area contributed by atoms with E-state index in [1.165, 1.54) is 0 Å². The number of rotatable bonds is 3. The summed E-state index contributed by atoms with van der Waals surface area (Å²) in [5.74, 6) is 1.60. The monoisotopic (exact) mass is 339 g/mol. The third-order valence-corrected chi connectivity index (χ3v) is 4.89. The van der Waals surface area contributed by atoms with Gasteiger partial charge < -0.3 is 19.5 Å². The van der Waals surface area contributed by atoms with Crippen molar-refractivity contribution in [2.45, 2.75) is 31.9 Å². The summed E-state index contributed by atoms with van der Waals surface area (Å²) in [7, 11) is 0. The Balaban J connectivity index is 1.44. The SMILES string of the molecule is O=C(CCc1cccc2c1OCO2)N1CCC(O)c2ccccc2C1. The minimum atomic E-state index is -0.503. The first-order valence-electron chi connectivity index (χ1n) is 8.63. The van der Waals surface area contributed by atoms with E-state index >= 15 is 0 Å². The van der Waals surface area contributed by atoms with Crippen molar-refractivity contribution in [3.05, 3.63) is 59.2 Å². The Labute approximate surface area is 146 Å². The van der Waals surface area contributed by atoms with Gasteiger partial charge >= 0.3 is 0 Å². The molecule has 2 aliphatic rings. The number of amides is 1. The van der Waals surface area contributed by atoms with Crippen LogP contribution < -0.4 is 9.47 Å². The fourth-order valence-electron chi connectivity index (χ4n) is 3.52. The van der Waals surface area contributed by atoms with Crippen molar-refractivity contribution < 1.29 is 19.4 Å². The number of hydrogen-bond acceptors (Lipinski definition) is 4. The maximum atomic E-state index is 12.7. The van der Waals surface area contributed by atoms with Crippen molar-refractivity contribution >= 4 is 5.91 Å².